The molecule has 7 heteroatoms. The van der Waals surface area contributed by atoms with Gasteiger partial charge in [-0.25, -0.2) is 9.37 Å². The van der Waals surface area contributed by atoms with Crippen molar-refractivity contribution in [2.45, 2.75) is 12.3 Å². The largest absolute Gasteiger partial charge is 0.433 e. The van der Waals surface area contributed by atoms with Crippen LogP contribution in [0, 0.1) is 5.82 Å². The van der Waals surface area contributed by atoms with Gasteiger partial charge in [0.2, 0.25) is 0 Å². The average Bonchev–Trinajstić information content (AvgIpc) is 2.36. The molecule has 106 valence electrons. The molecule has 0 fully saturated rings. The highest BCUT2D eigenvalue weighted by atomic mass is 35.5. The van der Waals surface area contributed by atoms with E-state index in [9.17, 15) is 22.7 Å². The Balaban J connectivity index is 2.38. The summed E-state index contributed by atoms with van der Waals surface area (Å²) in [6.45, 7) is 0. The predicted molar refractivity (Wildman–Crippen MR) is 64.7 cm³/mol. The second-order valence-electron chi connectivity index (χ2n) is 4.03. The van der Waals surface area contributed by atoms with Gasteiger partial charge in [0.25, 0.3) is 0 Å². The zero-order valence-corrected chi connectivity index (χ0v) is 10.6. The number of pyridine rings is 1. The van der Waals surface area contributed by atoms with Crippen LogP contribution in [-0.2, 0) is 6.18 Å². The first-order valence-corrected chi connectivity index (χ1v) is 5.84. The number of aliphatic hydroxyl groups is 1. The van der Waals surface area contributed by atoms with E-state index in [1.807, 2.05) is 0 Å². The zero-order valence-electron chi connectivity index (χ0n) is 9.83. The number of benzene rings is 1. The molecule has 0 aliphatic rings. The van der Waals surface area contributed by atoms with E-state index in [1.165, 1.54) is 18.2 Å². The summed E-state index contributed by atoms with van der Waals surface area (Å²) in [5.41, 5.74) is -1.00. The number of alkyl halides is 3. The summed E-state index contributed by atoms with van der Waals surface area (Å²) in [6, 6.07) is 6.79. The molecule has 20 heavy (non-hydrogen) atoms. The quantitative estimate of drug-likeness (QED) is 0.672. The third-order valence-corrected chi connectivity index (χ3v) is 2.93. The maximum Gasteiger partial charge on any atom is 0.433 e. The molecule has 0 spiro atoms. The van der Waals surface area contributed by atoms with Crippen LogP contribution in [-0.4, -0.2) is 10.1 Å². The van der Waals surface area contributed by atoms with Crippen LogP contribution in [0.5, 0.6) is 0 Å². The van der Waals surface area contributed by atoms with Gasteiger partial charge < -0.3 is 5.11 Å². The fourth-order valence-corrected chi connectivity index (χ4v) is 1.92. The third kappa shape index (κ3) is 3.08. The van der Waals surface area contributed by atoms with Crippen LogP contribution in [0.25, 0.3) is 0 Å². The van der Waals surface area contributed by atoms with Crippen LogP contribution in [0.15, 0.2) is 36.4 Å². The Bertz CT molecular complexity index is 630. The molecule has 2 rings (SSSR count). The zero-order chi connectivity index (χ0) is 14.9. The molecule has 0 amide bonds. The summed E-state index contributed by atoms with van der Waals surface area (Å²) in [4.78, 5) is 3.20. The highest BCUT2D eigenvalue weighted by molar-refractivity contribution is 6.30. The van der Waals surface area contributed by atoms with Crippen LogP contribution in [0.2, 0.25) is 5.15 Å². The van der Waals surface area contributed by atoms with Gasteiger partial charge in [-0.05, 0) is 23.8 Å². The van der Waals surface area contributed by atoms with Crippen molar-refractivity contribution in [1.29, 1.82) is 0 Å². The topological polar surface area (TPSA) is 33.1 Å². The van der Waals surface area contributed by atoms with E-state index in [4.69, 9.17) is 11.6 Å². The monoisotopic (exact) mass is 305 g/mol. The SMILES string of the molecule is OC(c1cccc(F)c1)c1ccc(C(F)(F)F)nc1Cl. The first kappa shape index (κ1) is 14.7. The Kier molecular flexibility index (Phi) is 3.96. The normalized spacial score (nSPS) is 13.3. The maximum absolute atomic E-state index is 13.1. The third-order valence-electron chi connectivity index (χ3n) is 2.63. The minimum Gasteiger partial charge on any atom is -0.384 e. The lowest BCUT2D eigenvalue weighted by atomic mass is 10.0. The molecule has 1 unspecified atom stereocenters. The fourth-order valence-electron chi connectivity index (χ4n) is 1.66. The molecule has 0 saturated heterocycles. The molecule has 0 aliphatic carbocycles. The highest BCUT2D eigenvalue weighted by Crippen LogP contribution is 2.32. The summed E-state index contributed by atoms with van der Waals surface area (Å²) in [5, 5.41) is 9.54. The maximum atomic E-state index is 13.1. The Labute approximate surface area is 116 Å². The van der Waals surface area contributed by atoms with E-state index in [0.717, 1.165) is 12.1 Å². The van der Waals surface area contributed by atoms with Crippen molar-refractivity contribution in [3.05, 3.63) is 64.2 Å². The van der Waals surface area contributed by atoms with Gasteiger partial charge in [0.15, 0.2) is 0 Å². The molecule has 1 N–H and O–H groups in total. The number of nitrogens with zero attached hydrogens (tertiary/aromatic N) is 1. The van der Waals surface area contributed by atoms with Crippen molar-refractivity contribution in [1.82, 2.24) is 4.98 Å². The second-order valence-corrected chi connectivity index (χ2v) is 4.39. The van der Waals surface area contributed by atoms with Gasteiger partial charge in [0.05, 0.1) is 0 Å². The molecule has 0 saturated carbocycles. The first-order valence-electron chi connectivity index (χ1n) is 5.46. The molecule has 2 aromatic rings. The Morgan fingerprint density at radius 2 is 1.85 bits per heavy atom. The standard InChI is InChI=1S/C13H8ClF4NO/c14-12-9(4-5-10(19-12)13(16,17)18)11(20)7-2-1-3-8(15)6-7/h1-6,11,20H. The van der Waals surface area contributed by atoms with Crippen molar-refractivity contribution in [2.75, 3.05) is 0 Å². The van der Waals surface area contributed by atoms with E-state index in [1.54, 1.807) is 0 Å². The van der Waals surface area contributed by atoms with E-state index < -0.39 is 28.9 Å². The number of hydrogen-bond acceptors (Lipinski definition) is 2. The summed E-state index contributed by atoms with van der Waals surface area (Å²) in [7, 11) is 0. The molecule has 2 nitrogen and oxygen atoms in total. The van der Waals surface area contributed by atoms with E-state index in [2.05, 4.69) is 4.98 Å². The van der Waals surface area contributed by atoms with Crippen molar-refractivity contribution < 1.29 is 22.7 Å². The Morgan fingerprint density at radius 3 is 2.40 bits per heavy atom. The van der Waals surface area contributed by atoms with Crippen molar-refractivity contribution >= 4 is 11.6 Å². The average molecular weight is 306 g/mol. The van der Waals surface area contributed by atoms with Gasteiger partial charge in [-0.2, -0.15) is 13.2 Å². The number of hydrogen-bond donors (Lipinski definition) is 1. The molecule has 1 heterocycles. The van der Waals surface area contributed by atoms with E-state index in [-0.39, 0.29) is 11.1 Å². The van der Waals surface area contributed by atoms with Gasteiger partial charge in [-0.15, -0.1) is 0 Å². The smallest absolute Gasteiger partial charge is 0.384 e. The van der Waals surface area contributed by atoms with Crippen molar-refractivity contribution in [3.63, 3.8) is 0 Å². The molecular weight excluding hydrogens is 298 g/mol. The lowest BCUT2D eigenvalue weighted by Crippen LogP contribution is -2.10. The van der Waals surface area contributed by atoms with Gasteiger partial charge in [-0.3, -0.25) is 0 Å². The number of rotatable bonds is 2. The van der Waals surface area contributed by atoms with E-state index >= 15 is 0 Å². The summed E-state index contributed by atoms with van der Waals surface area (Å²) >= 11 is 5.66. The van der Waals surface area contributed by atoms with Crippen molar-refractivity contribution in [2.24, 2.45) is 0 Å². The molecule has 1 aromatic heterocycles. The van der Waals surface area contributed by atoms with Gasteiger partial charge in [0.1, 0.15) is 22.8 Å². The Hall–Kier alpha value is -1.66. The molecular formula is C13H8ClF4NO. The minimum atomic E-state index is -4.62. The summed E-state index contributed by atoms with van der Waals surface area (Å²) in [5.74, 6) is -0.572. The molecule has 0 bridgehead atoms. The molecule has 1 atom stereocenters. The predicted octanol–water partition coefficient (Wildman–Crippen LogP) is 3.97. The van der Waals surface area contributed by atoms with Crippen molar-refractivity contribution in [3.8, 4) is 0 Å². The lowest BCUT2D eigenvalue weighted by molar-refractivity contribution is -0.141. The van der Waals surface area contributed by atoms with Crippen LogP contribution in [0.3, 0.4) is 0 Å². The molecule has 0 aliphatic heterocycles. The first-order chi connectivity index (χ1) is 9.29. The summed E-state index contributed by atoms with van der Waals surface area (Å²) < 4.78 is 50.4. The molecule has 1 aromatic carbocycles. The summed E-state index contributed by atoms with van der Waals surface area (Å²) in [6.07, 6.45) is -5.97. The Morgan fingerprint density at radius 1 is 1.15 bits per heavy atom. The van der Waals surface area contributed by atoms with E-state index in [0.29, 0.717) is 6.07 Å². The fraction of sp³-hybridized carbons (Fsp3) is 0.154. The van der Waals surface area contributed by atoms with Gasteiger partial charge >= 0.3 is 6.18 Å². The second kappa shape index (κ2) is 5.38. The van der Waals surface area contributed by atoms with Crippen LogP contribution >= 0.6 is 11.6 Å². The number of halogens is 5. The van der Waals surface area contributed by atoms with Crippen LogP contribution in [0.4, 0.5) is 17.6 Å². The lowest BCUT2D eigenvalue weighted by Gasteiger charge is -2.14. The number of aliphatic hydroxyl groups excluding tert-OH is 1. The van der Waals surface area contributed by atoms with Crippen LogP contribution in [0.1, 0.15) is 22.9 Å². The molecule has 0 radical (unpaired) electrons. The minimum absolute atomic E-state index is 0.0229. The van der Waals surface area contributed by atoms with Gasteiger partial charge in [0, 0.05) is 5.56 Å². The highest BCUT2D eigenvalue weighted by Gasteiger charge is 2.33. The van der Waals surface area contributed by atoms with Crippen LogP contribution < -0.4 is 0 Å². The van der Waals surface area contributed by atoms with Gasteiger partial charge in [-0.1, -0.05) is 29.8 Å². The number of aromatic nitrogens is 1.